The molecule has 0 fully saturated rings. The van der Waals surface area contributed by atoms with Gasteiger partial charge in [-0.05, 0) is 96.3 Å². The van der Waals surface area contributed by atoms with E-state index in [-0.39, 0.29) is 26.1 Å². The number of ether oxygens (including phenoxy) is 2. The normalized spacial score (nSPS) is 14.2. The van der Waals surface area contributed by atoms with E-state index in [9.17, 15) is 19.0 Å². The van der Waals surface area contributed by atoms with Gasteiger partial charge in [-0.15, -0.1) is 0 Å². The Bertz CT molecular complexity index is 1780. The van der Waals surface area contributed by atoms with Gasteiger partial charge in [0.05, 0.1) is 27.7 Å². The zero-order valence-electron chi connectivity index (χ0n) is 50.3. The maximum absolute atomic E-state index is 12.7. The molecule has 2 unspecified atom stereocenters. The van der Waals surface area contributed by atoms with E-state index in [2.05, 4.69) is 135 Å². The molecule has 0 aromatic heterocycles. The Morgan fingerprint density at radius 2 is 0.718 bits per heavy atom. The van der Waals surface area contributed by atoms with Crippen LogP contribution in [0.15, 0.2) is 134 Å². The van der Waals surface area contributed by atoms with Crippen LogP contribution in [0.2, 0.25) is 0 Å². The highest BCUT2D eigenvalue weighted by Crippen LogP contribution is 2.38. The quantitative estimate of drug-likeness (QED) is 0.0195. The van der Waals surface area contributed by atoms with Gasteiger partial charge >= 0.3 is 11.9 Å². The minimum atomic E-state index is -4.66. The molecule has 9 nitrogen and oxygen atoms in total. The van der Waals surface area contributed by atoms with Crippen molar-refractivity contribution in [3.05, 3.63) is 134 Å². The molecule has 2 atom stereocenters. The number of carbonyl (C=O) groups is 2. The Morgan fingerprint density at radius 3 is 1.08 bits per heavy atom. The van der Waals surface area contributed by atoms with Crippen LogP contribution < -0.4 is 4.89 Å². The molecular formula is C68H114NO8P. The SMILES string of the molecule is CC/C=C\C/C=C\C/C=C\C/C=C\C/C=C\C/C=C\CCC(=O)OC(COC(=O)CCCCCCCCCCCCCCCCCCCCC/C=C\C/C=C\C/C=C\C/C=C\C/C=C\CC)COP(=O)([O-])OCC[N+](C)(C)C. The molecule has 0 bridgehead atoms. The first-order chi connectivity index (χ1) is 38.0. The van der Waals surface area contributed by atoms with Crippen LogP contribution in [0.5, 0.6) is 0 Å². The zero-order valence-corrected chi connectivity index (χ0v) is 51.2. The monoisotopic (exact) mass is 1100 g/mol. The fourth-order valence-electron chi connectivity index (χ4n) is 8.00. The van der Waals surface area contributed by atoms with Gasteiger partial charge < -0.3 is 27.9 Å². The summed E-state index contributed by atoms with van der Waals surface area (Å²) < 4.78 is 34.1. The maximum Gasteiger partial charge on any atom is 0.306 e. The lowest BCUT2D eigenvalue weighted by Crippen LogP contribution is -2.37. The number of esters is 2. The molecule has 0 aliphatic rings. The van der Waals surface area contributed by atoms with Crippen molar-refractivity contribution in [2.45, 2.75) is 238 Å². The molecule has 0 saturated heterocycles. The summed E-state index contributed by atoms with van der Waals surface area (Å²) in [5.41, 5.74) is 0. The molecular weight excluding hydrogens is 990 g/mol. The molecule has 444 valence electrons. The molecule has 0 N–H and O–H groups in total. The molecule has 0 amide bonds. The summed E-state index contributed by atoms with van der Waals surface area (Å²) in [5.74, 6) is -0.935. The number of carbonyl (C=O) groups excluding carboxylic acids is 2. The van der Waals surface area contributed by atoms with E-state index in [0.29, 0.717) is 23.9 Å². The smallest absolute Gasteiger partial charge is 0.306 e. The summed E-state index contributed by atoms with van der Waals surface area (Å²) in [5, 5.41) is 0. The highest BCUT2D eigenvalue weighted by Gasteiger charge is 2.21. The third kappa shape index (κ3) is 61.4. The lowest BCUT2D eigenvalue weighted by Gasteiger charge is -2.28. The number of allylic oxidation sites excluding steroid dienone is 22. The summed E-state index contributed by atoms with van der Waals surface area (Å²) in [6.45, 7) is 3.92. The van der Waals surface area contributed by atoms with Crippen molar-refractivity contribution < 1.29 is 42.1 Å². The standard InChI is InChI=1S/C68H114NO8P/c1-6-8-10-12-14-16-18-20-22-24-26-27-28-29-30-31-32-33-34-35-36-37-38-39-40-41-43-44-46-48-50-52-54-56-58-60-67(70)74-64-66(65-76-78(72,73)75-63-62-69(3,4)5)77-68(71)61-59-57-55-53-51-49-47-45-42-25-23-21-19-17-15-13-11-9-7-2/h8-11,14-17,20-23,26-27,29-30,42,45,49,51,55,57,66H,6-7,12-13,18-19,24-25,28,31-41,43-44,46-48,50,52-54,56,58-65H2,1-5H3/b10-8-,11-9-,16-14-,17-15-,22-20-,23-21-,27-26-,30-29-,45-42-,51-49-,57-55-. The van der Waals surface area contributed by atoms with E-state index >= 15 is 0 Å². The second kappa shape index (κ2) is 57.8. The second-order valence-electron chi connectivity index (χ2n) is 21.3. The first-order valence-electron chi connectivity index (χ1n) is 30.9. The first kappa shape index (κ1) is 74.2. The minimum Gasteiger partial charge on any atom is -0.756 e. The number of phosphoric acid groups is 1. The Labute approximate surface area is 479 Å². The molecule has 0 radical (unpaired) electrons. The van der Waals surface area contributed by atoms with Gasteiger partial charge in [-0.25, -0.2) is 0 Å². The molecule has 0 aliphatic carbocycles. The third-order valence-corrected chi connectivity index (χ3v) is 13.6. The lowest BCUT2D eigenvalue weighted by molar-refractivity contribution is -0.870. The molecule has 0 saturated carbocycles. The van der Waals surface area contributed by atoms with Crippen molar-refractivity contribution in [2.75, 3.05) is 47.5 Å². The fourth-order valence-corrected chi connectivity index (χ4v) is 8.73. The van der Waals surface area contributed by atoms with Gasteiger partial charge in [0.2, 0.25) is 0 Å². The topological polar surface area (TPSA) is 111 Å². The highest BCUT2D eigenvalue weighted by molar-refractivity contribution is 7.45. The molecule has 10 heteroatoms. The van der Waals surface area contributed by atoms with Crippen LogP contribution in [-0.4, -0.2) is 70.0 Å². The Kier molecular flexibility index (Phi) is 55.0. The number of phosphoric ester groups is 1. The second-order valence-corrected chi connectivity index (χ2v) is 22.7. The van der Waals surface area contributed by atoms with Crippen molar-refractivity contribution in [1.82, 2.24) is 0 Å². The third-order valence-electron chi connectivity index (χ3n) is 12.7. The van der Waals surface area contributed by atoms with Gasteiger partial charge in [0.25, 0.3) is 7.82 Å². The van der Waals surface area contributed by atoms with Crippen molar-refractivity contribution in [3.8, 4) is 0 Å². The largest absolute Gasteiger partial charge is 0.756 e. The Balaban J connectivity index is 4.10. The molecule has 0 aliphatic heterocycles. The van der Waals surface area contributed by atoms with Crippen LogP contribution in [0.25, 0.3) is 0 Å². The van der Waals surface area contributed by atoms with Crippen molar-refractivity contribution in [2.24, 2.45) is 0 Å². The Hall–Kier alpha value is -3.85. The van der Waals surface area contributed by atoms with E-state index in [0.717, 1.165) is 83.5 Å². The van der Waals surface area contributed by atoms with Crippen LogP contribution in [0.1, 0.15) is 232 Å². The van der Waals surface area contributed by atoms with Crippen LogP contribution >= 0.6 is 7.82 Å². The van der Waals surface area contributed by atoms with Gasteiger partial charge in [-0.3, -0.25) is 14.2 Å². The Morgan fingerprint density at radius 1 is 0.397 bits per heavy atom. The van der Waals surface area contributed by atoms with Gasteiger partial charge in [0.1, 0.15) is 19.8 Å². The van der Waals surface area contributed by atoms with Gasteiger partial charge in [0.15, 0.2) is 6.10 Å². The predicted molar refractivity (Wildman–Crippen MR) is 332 cm³/mol. The molecule has 0 aromatic rings. The number of unbranched alkanes of at least 4 members (excludes halogenated alkanes) is 19. The van der Waals surface area contributed by atoms with Crippen LogP contribution in [0, 0.1) is 0 Å². The zero-order chi connectivity index (χ0) is 57.0. The number of nitrogens with zero attached hydrogens (tertiary/aromatic N) is 1. The number of likely N-dealkylation sites (N-methyl/N-ethyl adjacent to an activating group) is 1. The van der Waals surface area contributed by atoms with Crippen molar-refractivity contribution in [3.63, 3.8) is 0 Å². The van der Waals surface area contributed by atoms with E-state index in [1.807, 2.05) is 33.3 Å². The molecule has 0 rings (SSSR count). The highest BCUT2D eigenvalue weighted by atomic mass is 31.2. The fraction of sp³-hybridized carbons (Fsp3) is 0.647. The summed E-state index contributed by atoms with van der Waals surface area (Å²) in [6, 6.07) is 0. The summed E-state index contributed by atoms with van der Waals surface area (Å²) in [4.78, 5) is 37.8. The van der Waals surface area contributed by atoms with E-state index < -0.39 is 32.5 Å². The van der Waals surface area contributed by atoms with Crippen LogP contribution in [0.4, 0.5) is 0 Å². The number of quaternary nitrogens is 1. The summed E-state index contributed by atoms with van der Waals surface area (Å²) in [7, 11) is 1.11. The van der Waals surface area contributed by atoms with Crippen LogP contribution in [-0.2, 0) is 32.7 Å². The average Bonchev–Trinajstić information content (AvgIpc) is 3.41. The number of hydrogen-bond acceptors (Lipinski definition) is 8. The lowest BCUT2D eigenvalue weighted by atomic mass is 10.0. The number of hydrogen-bond donors (Lipinski definition) is 0. The van der Waals surface area contributed by atoms with Gasteiger partial charge in [0, 0.05) is 12.8 Å². The predicted octanol–water partition coefficient (Wildman–Crippen LogP) is 19.1. The first-order valence-corrected chi connectivity index (χ1v) is 32.4. The average molecular weight is 1100 g/mol. The van der Waals surface area contributed by atoms with Gasteiger partial charge in [-0.2, -0.15) is 0 Å². The maximum atomic E-state index is 12.7. The van der Waals surface area contributed by atoms with Crippen LogP contribution in [0.3, 0.4) is 0 Å². The van der Waals surface area contributed by atoms with E-state index in [1.165, 1.54) is 109 Å². The molecule has 0 aromatic carbocycles. The van der Waals surface area contributed by atoms with E-state index in [1.54, 1.807) is 0 Å². The minimum absolute atomic E-state index is 0.0499. The van der Waals surface area contributed by atoms with Crippen molar-refractivity contribution in [1.29, 1.82) is 0 Å². The summed E-state index contributed by atoms with van der Waals surface area (Å²) >= 11 is 0. The number of rotatable bonds is 55. The molecule has 0 spiro atoms. The van der Waals surface area contributed by atoms with Crippen molar-refractivity contribution >= 4 is 19.8 Å². The van der Waals surface area contributed by atoms with Gasteiger partial charge in [-0.1, -0.05) is 257 Å². The molecule has 78 heavy (non-hydrogen) atoms. The molecule has 0 heterocycles. The summed E-state index contributed by atoms with van der Waals surface area (Å²) in [6.07, 6.45) is 84.0. The van der Waals surface area contributed by atoms with E-state index in [4.69, 9.17) is 18.5 Å².